The molecule has 0 aliphatic heterocycles. The van der Waals surface area contributed by atoms with Crippen LogP contribution in [-0.2, 0) is 14.8 Å². The molecule has 2 saturated carbocycles. The minimum Gasteiger partial charge on any atom is -0.326 e. The maximum Gasteiger partial charge on any atom is 0.255 e. The monoisotopic (exact) mass is 451 g/mol. The van der Waals surface area contributed by atoms with E-state index in [2.05, 4.69) is 10.3 Å². The minimum absolute atomic E-state index is 0.0647. The van der Waals surface area contributed by atoms with Crippen molar-refractivity contribution < 1.29 is 30.8 Å². The highest BCUT2D eigenvalue weighted by molar-refractivity contribution is 7.89. The van der Waals surface area contributed by atoms with Crippen molar-refractivity contribution in [2.45, 2.75) is 62.3 Å². The first-order valence-corrected chi connectivity index (χ1v) is 11.4. The van der Waals surface area contributed by atoms with E-state index in [4.69, 9.17) is 5.14 Å². The van der Waals surface area contributed by atoms with Gasteiger partial charge in [-0.2, -0.15) is 0 Å². The summed E-state index contributed by atoms with van der Waals surface area (Å²) in [7, 11) is -4.10. The number of nitrogens with one attached hydrogen (secondary N) is 1. The first kappa shape index (κ1) is 22.9. The molecule has 6 nitrogen and oxygen atoms in total. The van der Waals surface area contributed by atoms with Crippen LogP contribution in [0.1, 0.15) is 45.4 Å². The molecule has 30 heavy (non-hydrogen) atoms. The Morgan fingerprint density at radius 3 is 2.47 bits per heavy atom. The molecule has 3 atom stereocenters. The fraction of sp³-hybridized carbons (Fsp3) is 0.684. The second-order valence-electron chi connectivity index (χ2n) is 8.48. The van der Waals surface area contributed by atoms with Gasteiger partial charge < -0.3 is 5.32 Å². The SMILES string of the molecule is C[C@@H]1CC(C2CCC(F)(F)CC2)[C@H](C(=O)Nc2ccnc(S(N)(=O)=O)c2)CC1(F)F. The first-order valence-electron chi connectivity index (χ1n) is 9.84. The highest BCUT2D eigenvalue weighted by atomic mass is 32.2. The molecule has 1 amide bonds. The number of carbonyl (C=O) groups excluding carboxylic acids is 1. The Labute approximate surface area is 172 Å². The van der Waals surface area contributed by atoms with E-state index in [0.29, 0.717) is 0 Å². The van der Waals surface area contributed by atoms with Crippen molar-refractivity contribution in [2.24, 2.45) is 28.8 Å². The number of nitrogens with two attached hydrogens (primary N) is 1. The lowest BCUT2D eigenvalue weighted by Crippen LogP contribution is -2.47. The third-order valence-electron chi connectivity index (χ3n) is 6.35. The quantitative estimate of drug-likeness (QED) is 0.680. The van der Waals surface area contributed by atoms with Crippen LogP contribution in [-0.4, -0.2) is 31.2 Å². The molecule has 1 heterocycles. The third kappa shape index (κ3) is 5.11. The van der Waals surface area contributed by atoms with Gasteiger partial charge in [-0.1, -0.05) is 6.92 Å². The summed E-state index contributed by atoms with van der Waals surface area (Å²) in [5.74, 6) is -9.20. The van der Waals surface area contributed by atoms with Gasteiger partial charge >= 0.3 is 0 Å². The summed E-state index contributed by atoms with van der Waals surface area (Å²) in [5, 5.41) is 7.05. The van der Waals surface area contributed by atoms with Crippen LogP contribution in [0.25, 0.3) is 0 Å². The predicted molar refractivity (Wildman–Crippen MR) is 101 cm³/mol. The lowest BCUT2D eigenvalue weighted by molar-refractivity contribution is -0.148. The summed E-state index contributed by atoms with van der Waals surface area (Å²) in [6.07, 6.45) is 0.276. The molecule has 168 valence electrons. The fourth-order valence-electron chi connectivity index (χ4n) is 4.57. The van der Waals surface area contributed by atoms with Crippen molar-refractivity contribution in [1.82, 2.24) is 4.98 Å². The summed E-state index contributed by atoms with van der Waals surface area (Å²) in [4.78, 5) is 16.5. The van der Waals surface area contributed by atoms with Crippen LogP contribution < -0.4 is 10.5 Å². The normalized spacial score (nSPS) is 29.3. The summed E-state index contributed by atoms with van der Waals surface area (Å²) < 4.78 is 78.9. The van der Waals surface area contributed by atoms with E-state index in [1.54, 1.807) is 0 Å². The summed E-state index contributed by atoms with van der Waals surface area (Å²) in [5.41, 5.74) is 0.0647. The maximum absolute atomic E-state index is 14.4. The van der Waals surface area contributed by atoms with E-state index in [1.807, 2.05) is 0 Å². The number of carbonyl (C=O) groups is 1. The van der Waals surface area contributed by atoms with Crippen LogP contribution in [0.15, 0.2) is 23.4 Å². The molecule has 2 aliphatic carbocycles. The number of amides is 1. The zero-order valence-electron chi connectivity index (χ0n) is 16.5. The molecule has 0 spiro atoms. The van der Waals surface area contributed by atoms with Crippen LogP contribution in [0.3, 0.4) is 0 Å². The standard InChI is InChI=1S/C19H25F4N3O3S/c1-11-8-14(12-2-5-18(20,21)6-3-12)15(10-19(11,22)23)17(27)26-13-4-7-25-16(9-13)30(24,28)29/h4,7,9,11-12,14-15H,2-3,5-6,8,10H2,1H3,(H2,24,28,29)(H,25,26,27)/t11-,14?,15-/m1/s1. The van der Waals surface area contributed by atoms with E-state index in [-0.39, 0.29) is 43.7 Å². The molecule has 1 unspecified atom stereocenters. The number of rotatable bonds is 4. The molecule has 3 rings (SSSR count). The number of sulfonamides is 1. The van der Waals surface area contributed by atoms with Crippen molar-refractivity contribution in [3.8, 4) is 0 Å². The summed E-state index contributed by atoms with van der Waals surface area (Å²) >= 11 is 0. The molecular weight excluding hydrogens is 426 g/mol. The summed E-state index contributed by atoms with van der Waals surface area (Å²) in [6, 6.07) is 2.37. The van der Waals surface area contributed by atoms with Crippen molar-refractivity contribution >= 4 is 21.6 Å². The van der Waals surface area contributed by atoms with Crippen molar-refractivity contribution in [3.63, 3.8) is 0 Å². The van der Waals surface area contributed by atoms with Gasteiger partial charge in [0, 0.05) is 49.0 Å². The average molecular weight is 451 g/mol. The van der Waals surface area contributed by atoms with Gasteiger partial charge in [-0.25, -0.2) is 36.1 Å². The first-order chi connectivity index (χ1) is 13.8. The molecule has 11 heteroatoms. The van der Waals surface area contributed by atoms with E-state index >= 15 is 0 Å². The molecule has 2 fully saturated rings. The number of aromatic nitrogens is 1. The van der Waals surface area contributed by atoms with Gasteiger partial charge in [0.25, 0.3) is 15.9 Å². The minimum atomic E-state index is -4.10. The average Bonchev–Trinajstić information content (AvgIpc) is 2.63. The number of anilines is 1. The van der Waals surface area contributed by atoms with Gasteiger partial charge in [0.05, 0.1) is 0 Å². The molecule has 0 aromatic carbocycles. The van der Waals surface area contributed by atoms with E-state index < -0.39 is 57.0 Å². The molecule has 1 aromatic heterocycles. The van der Waals surface area contributed by atoms with Gasteiger partial charge in [0.15, 0.2) is 5.03 Å². The third-order valence-corrected chi connectivity index (χ3v) is 7.16. The lowest BCUT2D eigenvalue weighted by Gasteiger charge is -2.44. The molecule has 1 aromatic rings. The molecule has 3 N–H and O–H groups in total. The van der Waals surface area contributed by atoms with Crippen LogP contribution in [0.5, 0.6) is 0 Å². The Morgan fingerprint density at radius 1 is 1.23 bits per heavy atom. The molecule has 0 radical (unpaired) electrons. The molecule has 0 saturated heterocycles. The second kappa shape index (κ2) is 8.07. The topological polar surface area (TPSA) is 102 Å². The predicted octanol–water partition coefficient (Wildman–Crippen LogP) is 3.79. The molecule has 2 aliphatic rings. The van der Waals surface area contributed by atoms with Gasteiger partial charge in [0.2, 0.25) is 11.8 Å². The highest BCUT2D eigenvalue weighted by Gasteiger charge is 2.52. The smallest absolute Gasteiger partial charge is 0.255 e. The van der Waals surface area contributed by atoms with Crippen LogP contribution in [0.2, 0.25) is 0 Å². The van der Waals surface area contributed by atoms with Gasteiger partial charge in [0.1, 0.15) is 0 Å². The number of primary sulfonamides is 1. The van der Waals surface area contributed by atoms with Gasteiger partial charge in [-0.15, -0.1) is 0 Å². The van der Waals surface area contributed by atoms with Crippen LogP contribution in [0.4, 0.5) is 23.2 Å². The number of alkyl halides is 4. The maximum atomic E-state index is 14.4. The second-order valence-corrected chi connectivity index (χ2v) is 9.99. The zero-order valence-corrected chi connectivity index (χ0v) is 17.3. The van der Waals surface area contributed by atoms with Crippen molar-refractivity contribution in [2.75, 3.05) is 5.32 Å². The van der Waals surface area contributed by atoms with Crippen LogP contribution >= 0.6 is 0 Å². The van der Waals surface area contributed by atoms with E-state index in [9.17, 15) is 30.8 Å². The Morgan fingerprint density at radius 2 is 1.87 bits per heavy atom. The van der Waals surface area contributed by atoms with Crippen molar-refractivity contribution in [3.05, 3.63) is 18.3 Å². The highest BCUT2D eigenvalue weighted by Crippen LogP contribution is 2.51. The Balaban J connectivity index is 1.81. The van der Waals surface area contributed by atoms with Gasteiger partial charge in [-0.05, 0) is 37.2 Å². The zero-order chi connectivity index (χ0) is 22.3. The lowest BCUT2D eigenvalue weighted by atomic mass is 9.63. The fourth-order valence-corrected chi connectivity index (χ4v) is 5.07. The number of nitrogens with zero attached hydrogens (tertiary/aromatic N) is 1. The number of pyridine rings is 1. The number of hydrogen-bond acceptors (Lipinski definition) is 4. The number of hydrogen-bond donors (Lipinski definition) is 2. The number of halogens is 4. The molecular formula is C19H25F4N3O3S. The summed E-state index contributed by atoms with van der Waals surface area (Å²) in [6.45, 7) is 1.42. The Kier molecular flexibility index (Phi) is 6.16. The van der Waals surface area contributed by atoms with Crippen LogP contribution in [0, 0.1) is 23.7 Å². The largest absolute Gasteiger partial charge is 0.326 e. The van der Waals surface area contributed by atoms with Gasteiger partial charge in [-0.3, -0.25) is 4.79 Å². The van der Waals surface area contributed by atoms with Crippen molar-refractivity contribution in [1.29, 1.82) is 0 Å². The Hall–Kier alpha value is -1.75. The van der Waals surface area contributed by atoms with E-state index in [0.717, 1.165) is 12.3 Å². The molecule has 0 bridgehead atoms. The Bertz CT molecular complexity index is 900. The van der Waals surface area contributed by atoms with E-state index in [1.165, 1.54) is 13.0 Å².